The lowest BCUT2D eigenvalue weighted by Gasteiger charge is -2.25. The average molecular weight is 367 g/mol. The van der Waals surface area contributed by atoms with E-state index in [1.807, 2.05) is 30.3 Å². The molecule has 0 unspecified atom stereocenters. The first kappa shape index (κ1) is 19.1. The van der Waals surface area contributed by atoms with Crippen molar-refractivity contribution in [1.82, 2.24) is 4.90 Å². The predicted octanol–water partition coefficient (Wildman–Crippen LogP) is 2.53. The molecule has 6 nitrogen and oxygen atoms in total. The van der Waals surface area contributed by atoms with Gasteiger partial charge in [0.2, 0.25) is 11.8 Å². The van der Waals surface area contributed by atoms with Gasteiger partial charge in [-0.25, -0.2) is 0 Å². The van der Waals surface area contributed by atoms with E-state index in [1.165, 1.54) is 0 Å². The fourth-order valence-electron chi connectivity index (χ4n) is 2.93. The van der Waals surface area contributed by atoms with E-state index in [9.17, 15) is 9.59 Å². The van der Waals surface area contributed by atoms with E-state index in [-0.39, 0.29) is 11.8 Å². The minimum atomic E-state index is -0.0449. The first-order valence-corrected chi connectivity index (χ1v) is 9.23. The summed E-state index contributed by atoms with van der Waals surface area (Å²) in [5.41, 5.74) is 2.58. The number of hydrogen-bond acceptors (Lipinski definition) is 4. The van der Waals surface area contributed by atoms with Crippen molar-refractivity contribution >= 4 is 23.2 Å². The molecule has 3 rings (SSSR count). The minimum Gasteiger partial charge on any atom is -0.379 e. The maximum Gasteiger partial charge on any atom is 0.238 e. The molecule has 6 heteroatoms. The molecule has 1 aliphatic heterocycles. The molecule has 0 aliphatic carbocycles. The number of morpholine rings is 1. The van der Waals surface area contributed by atoms with Crippen LogP contribution in [-0.4, -0.2) is 49.6 Å². The van der Waals surface area contributed by atoms with Crippen molar-refractivity contribution in [3.8, 4) is 0 Å². The van der Waals surface area contributed by atoms with E-state index in [0.717, 1.165) is 30.0 Å². The van der Waals surface area contributed by atoms with Crippen LogP contribution in [0.25, 0.3) is 0 Å². The van der Waals surface area contributed by atoms with Gasteiger partial charge in [-0.3, -0.25) is 14.5 Å². The van der Waals surface area contributed by atoms with Crippen LogP contribution in [0.1, 0.15) is 12.0 Å². The lowest BCUT2D eigenvalue weighted by molar-refractivity contribution is -0.118. The Morgan fingerprint density at radius 3 is 2.07 bits per heavy atom. The number of rotatable bonds is 7. The summed E-state index contributed by atoms with van der Waals surface area (Å²) < 4.78 is 5.28. The second-order valence-electron chi connectivity index (χ2n) is 6.55. The molecule has 142 valence electrons. The van der Waals surface area contributed by atoms with E-state index in [0.29, 0.717) is 32.6 Å². The van der Waals surface area contributed by atoms with Gasteiger partial charge in [-0.05, 0) is 36.2 Å². The Labute approximate surface area is 159 Å². The highest BCUT2D eigenvalue weighted by atomic mass is 16.5. The molecule has 27 heavy (non-hydrogen) atoms. The third-order valence-corrected chi connectivity index (χ3v) is 4.41. The molecule has 2 aromatic rings. The fraction of sp³-hybridized carbons (Fsp3) is 0.333. The van der Waals surface area contributed by atoms with Crippen LogP contribution >= 0.6 is 0 Å². The van der Waals surface area contributed by atoms with E-state index in [4.69, 9.17) is 4.74 Å². The highest BCUT2D eigenvalue weighted by Crippen LogP contribution is 2.14. The standard InChI is InChI=1S/C21H25N3O3/c25-20(11-6-17-4-2-1-3-5-17)22-18-7-9-19(10-8-18)23-21(26)16-24-12-14-27-15-13-24/h1-5,7-10H,6,11-16H2,(H,22,25)(H,23,26). The summed E-state index contributed by atoms with van der Waals surface area (Å²) in [5, 5.41) is 5.77. The molecule has 0 radical (unpaired) electrons. The normalized spacial score (nSPS) is 14.5. The summed E-state index contributed by atoms with van der Waals surface area (Å²) in [5.74, 6) is -0.0699. The van der Waals surface area contributed by atoms with Gasteiger partial charge in [0.05, 0.1) is 19.8 Å². The van der Waals surface area contributed by atoms with Gasteiger partial charge < -0.3 is 15.4 Å². The number of carbonyl (C=O) groups excluding carboxylic acids is 2. The third-order valence-electron chi connectivity index (χ3n) is 4.41. The zero-order valence-electron chi connectivity index (χ0n) is 15.3. The molecule has 0 spiro atoms. The van der Waals surface area contributed by atoms with Crippen LogP contribution in [0.3, 0.4) is 0 Å². The fourth-order valence-corrected chi connectivity index (χ4v) is 2.93. The number of aryl methyl sites for hydroxylation is 1. The first-order valence-electron chi connectivity index (χ1n) is 9.23. The molecular formula is C21H25N3O3. The van der Waals surface area contributed by atoms with Crippen LogP contribution in [0.15, 0.2) is 54.6 Å². The molecule has 2 amide bonds. The lowest BCUT2D eigenvalue weighted by Crippen LogP contribution is -2.41. The molecule has 0 saturated carbocycles. The highest BCUT2D eigenvalue weighted by Gasteiger charge is 2.14. The summed E-state index contributed by atoms with van der Waals surface area (Å²) in [4.78, 5) is 26.2. The van der Waals surface area contributed by atoms with Crippen LogP contribution in [0, 0.1) is 0 Å². The summed E-state index contributed by atoms with van der Waals surface area (Å²) in [7, 11) is 0. The van der Waals surface area contributed by atoms with Gasteiger partial charge in [0.25, 0.3) is 0 Å². The molecule has 0 bridgehead atoms. The van der Waals surface area contributed by atoms with Crippen molar-refractivity contribution in [3.05, 3.63) is 60.2 Å². The maximum absolute atomic E-state index is 12.1. The van der Waals surface area contributed by atoms with Crippen molar-refractivity contribution in [3.63, 3.8) is 0 Å². The van der Waals surface area contributed by atoms with E-state index in [1.54, 1.807) is 24.3 Å². The molecule has 2 N–H and O–H groups in total. The van der Waals surface area contributed by atoms with Crippen molar-refractivity contribution in [1.29, 1.82) is 0 Å². The molecule has 0 aromatic heterocycles. The average Bonchev–Trinajstić information content (AvgIpc) is 2.69. The van der Waals surface area contributed by atoms with Gasteiger partial charge in [0.15, 0.2) is 0 Å². The molecule has 1 heterocycles. The van der Waals surface area contributed by atoms with Crippen molar-refractivity contribution < 1.29 is 14.3 Å². The summed E-state index contributed by atoms with van der Waals surface area (Å²) in [6, 6.07) is 17.1. The Bertz CT molecular complexity index is 741. The number of nitrogens with one attached hydrogen (secondary N) is 2. The largest absolute Gasteiger partial charge is 0.379 e. The Morgan fingerprint density at radius 1 is 0.852 bits per heavy atom. The Morgan fingerprint density at radius 2 is 1.44 bits per heavy atom. The first-order chi connectivity index (χ1) is 13.2. The zero-order chi connectivity index (χ0) is 18.9. The maximum atomic E-state index is 12.1. The highest BCUT2D eigenvalue weighted by molar-refractivity contribution is 5.93. The predicted molar refractivity (Wildman–Crippen MR) is 106 cm³/mol. The molecule has 1 saturated heterocycles. The second kappa shape index (κ2) is 9.85. The summed E-state index contributed by atoms with van der Waals surface area (Å²) in [6.45, 7) is 3.27. The number of nitrogens with zero attached hydrogens (tertiary/aromatic N) is 1. The molecule has 1 fully saturated rings. The SMILES string of the molecule is O=C(CCc1ccccc1)Nc1ccc(NC(=O)CN2CCOCC2)cc1. The van der Waals surface area contributed by atoms with Crippen LogP contribution in [-0.2, 0) is 20.7 Å². The smallest absolute Gasteiger partial charge is 0.238 e. The number of hydrogen-bond donors (Lipinski definition) is 2. The van der Waals surface area contributed by atoms with Gasteiger partial charge in [-0.1, -0.05) is 30.3 Å². The number of ether oxygens (including phenoxy) is 1. The van der Waals surface area contributed by atoms with Gasteiger partial charge >= 0.3 is 0 Å². The molecule has 0 atom stereocenters. The summed E-state index contributed by atoms with van der Waals surface area (Å²) in [6.07, 6.45) is 1.14. The Hall–Kier alpha value is -2.70. The van der Waals surface area contributed by atoms with Gasteiger partial charge in [0.1, 0.15) is 0 Å². The van der Waals surface area contributed by atoms with E-state index >= 15 is 0 Å². The lowest BCUT2D eigenvalue weighted by atomic mass is 10.1. The topological polar surface area (TPSA) is 70.7 Å². The number of anilines is 2. The van der Waals surface area contributed by atoms with Crippen LogP contribution < -0.4 is 10.6 Å². The van der Waals surface area contributed by atoms with Crippen molar-refractivity contribution in [2.45, 2.75) is 12.8 Å². The van der Waals surface area contributed by atoms with Gasteiger partial charge in [0, 0.05) is 30.9 Å². The van der Waals surface area contributed by atoms with E-state index < -0.39 is 0 Å². The minimum absolute atomic E-state index is 0.0250. The zero-order valence-corrected chi connectivity index (χ0v) is 15.3. The molecular weight excluding hydrogens is 342 g/mol. The Balaban J connectivity index is 1.42. The summed E-state index contributed by atoms with van der Waals surface area (Å²) >= 11 is 0. The monoisotopic (exact) mass is 367 g/mol. The van der Waals surface area contributed by atoms with Crippen LogP contribution in [0.2, 0.25) is 0 Å². The van der Waals surface area contributed by atoms with Crippen molar-refractivity contribution in [2.24, 2.45) is 0 Å². The van der Waals surface area contributed by atoms with Crippen molar-refractivity contribution in [2.75, 3.05) is 43.5 Å². The second-order valence-corrected chi connectivity index (χ2v) is 6.55. The van der Waals surface area contributed by atoms with Crippen LogP contribution in [0.4, 0.5) is 11.4 Å². The van der Waals surface area contributed by atoms with Crippen LogP contribution in [0.5, 0.6) is 0 Å². The number of carbonyl (C=O) groups is 2. The molecule has 1 aliphatic rings. The Kier molecular flexibility index (Phi) is 6.96. The van der Waals surface area contributed by atoms with E-state index in [2.05, 4.69) is 15.5 Å². The molecule has 2 aromatic carbocycles. The third kappa shape index (κ3) is 6.51. The number of benzene rings is 2. The quantitative estimate of drug-likeness (QED) is 0.789. The van der Waals surface area contributed by atoms with Gasteiger partial charge in [-0.2, -0.15) is 0 Å². The number of amides is 2. The van der Waals surface area contributed by atoms with Gasteiger partial charge in [-0.15, -0.1) is 0 Å².